The molecule has 2 fully saturated rings. The van der Waals surface area contributed by atoms with Crippen molar-refractivity contribution in [3.8, 4) is 0 Å². The molecule has 1 aromatic carbocycles. The van der Waals surface area contributed by atoms with Crippen molar-refractivity contribution >= 4 is 51.2 Å². The second kappa shape index (κ2) is 11.6. The Kier molecular flexibility index (Phi) is 9.13. The number of methoxy groups -OCH3 is 1. The molecule has 2 N–H and O–H groups in total. The van der Waals surface area contributed by atoms with Crippen LogP contribution in [-0.4, -0.2) is 77.6 Å². The molecule has 3 atom stereocenters. The van der Waals surface area contributed by atoms with Gasteiger partial charge in [-0.1, -0.05) is 36.4 Å². The van der Waals surface area contributed by atoms with Crippen molar-refractivity contribution in [3.63, 3.8) is 0 Å². The minimum absolute atomic E-state index is 0. The maximum absolute atomic E-state index is 13.1. The van der Waals surface area contributed by atoms with Crippen LogP contribution in [0.25, 0.3) is 0 Å². The van der Waals surface area contributed by atoms with E-state index < -0.39 is 64.1 Å². The molecule has 0 saturated carbocycles. The summed E-state index contributed by atoms with van der Waals surface area (Å²) in [6.07, 6.45) is 0.193. The van der Waals surface area contributed by atoms with Gasteiger partial charge in [0.15, 0.2) is 10.3 Å². The van der Waals surface area contributed by atoms with E-state index in [-0.39, 0.29) is 46.8 Å². The smallest absolute Gasteiger partial charge is 0.731 e. The van der Waals surface area contributed by atoms with Crippen LogP contribution in [0.1, 0.15) is 28.8 Å². The molecule has 2 aliphatic rings. The summed E-state index contributed by atoms with van der Waals surface area (Å²) in [6.45, 7) is -0.837. The van der Waals surface area contributed by atoms with Gasteiger partial charge in [-0.25, -0.2) is 17.5 Å². The molecule has 38 heavy (non-hydrogen) atoms. The number of piperidine rings is 1. The van der Waals surface area contributed by atoms with Gasteiger partial charge in [-0.3, -0.25) is 24.1 Å². The van der Waals surface area contributed by atoms with Gasteiger partial charge in [0.05, 0.1) is 12.5 Å². The number of ketones is 1. The molecule has 0 spiro atoms. The number of urea groups is 1. The predicted octanol–water partition coefficient (Wildman–Crippen LogP) is -3.15. The Morgan fingerprint density at radius 3 is 2.39 bits per heavy atom. The topological polar surface area (TPSA) is 182 Å². The summed E-state index contributed by atoms with van der Waals surface area (Å²) in [7, 11) is -4.07. The summed E-state index contributed by atoms with van der Waals surface area (Å²) in [4.78, 5) is 65.0. The summed E-state index contributed by atoms with van der Waals surface area (Å²) in [6, 6.07) is 9.36. The number of nitrogens with one attached hydrogen (secondary N) is 2. The van der Waals surface area contributed by atoms with Crippen molar-refractivity contribution in [2.45, 2.75) is 24.1 Å². The van der Waals surface area contributed by atoms with Gasteiger partial charge < -0.3 is 19.9 Å². The molecule has 2 aliphatic heterocycles. The van der Waals surface area contributed by atoms with Gasteiger partial charge in [0.25, 0.3) is 17.7 Å². The van der Waals surface area contributed by atoms with E-state index in [0.29, 0.717) is 15.3 Å². The third kappa shape index (κ3) is 5.68. The Hall–Kier alpha value is -2.66. The number of carbonyl (C=O) groups is 5. The fourth-order valence-electron chi connectivity index (χ4n) is 4.09. The minimum Gasteiger partial charge on any atom is -0.731 e. The Balaban J connectivity index is 0.00000400. The van der Waals surface area contributed by atoms with E-state index in [1.165, 1.54) is 6.07 Å². The second-order valence-corrected chi connectivity index (χ2v) is 10.5. The van der Waals surface area contributed by atoms with E-state index in [2.05, 4.69) is 10.6 Å². The van der Waals surface area contributed by atoms with Crippen LogP contribution >= 0.6 is 11.3 Å². The van der Waals surface area contributed by atoms with E-state index in [1.54, 1.807) is 41.8 Å². The molecular weight excluding hydrogens is 551 g/mol. The first-order valence-electron chi connectivity index (χ1n) is 10.9. The predicted molar refractivity (Wildman–Crippen MR) is 125 cm³/mol. The number of hydrogen-bond acceptors (Lipinski definition) is 10. The molecule has 3 heterocycles. The number of rotatable bonds is 7. The fraction of sp³-hybridized carbons (Fsp3) is 0.318. The van der Waals surface area contributed by atoms with Gasteiger partial charge in [0.1, 0.15) is 6.04 Å². The van der Waals surface area contributed by atoms with Gasteiger partial charge in [0.2, 0.25) is 11.5 Å². The first-order chi connectivity index (χ1) is 17.5. The van der Waals surface area contributed by atoms with Crippen LogP contribution in [0.3, 0.4) is 0 Å². The third-order valence-corrected chi connectivity index (χ3v) is 7.87. The number of imide groups is 1. The Morgan fingerprint density at radius 2 is 1.84 bits per heavy atom. The zero-order chi connectivity index (χ0) is 27.0. The molecule has 2 saturated heterocycles. The maximum Gasteiger partial charge on any atom is 1.00 e. The largest absolute Gasteiger partial charge is 1.00 e. The van der Waals surface area contributed by atoms with E-state index in [1.807, 2.05) is 0 Å². The van der Waals surface area contributed by atoms with Crippen LogP contribution in [0.5, 0.6) is 0 Å². The number of nitrogens with zero attached hydrogens (tertiary/aromatic N) is 2. The molecular formula is C22H21N4NaO9S2. The number of Topliss-reactive ketones (excluding diaryl/α,β-unsaturated/α-hetero) is 1. The average molecular weight is 573 g/mol. The molecule has 2 aromatic rings. The van der Waals surface area contributed by atoms with Gasteiger partial charge in [-0.05, 0) is 23.4 Å². The van der Waals surface area contributed by atoms with E-state index in [4.69, 9.17) is 4.74 Å². The normalized spacial score (nSPS) is 22.3. The molecule has 0 radical (unpaired) electrons. The first-order valence-corrected chi connectivity index (χ1v) is 13.1. The van der Waals surface area contributed by atoms with Gasteiger partial charge in [-0.2, -0.15) is 0 Å². The van der Waals surface area contributed by atoms with Crippen molar-refractivity contribution < 1.29 is 71.2 Å². The number of benzene rings is 1. The molecule has 4 rings (SSSR count). The van der Waals surface area contributed by atoms with Crippen molar-refractivity contribution in [3.05, 3.63) is 58.3 Å². The minimum atomic E-state index is -5.11. The van der Waals surface area contributed by atoms with Crippen molar-refractivity contribution in [1.82, 2.24) is 19.8 Å². The molecule has 196 valence electrons. The van der Waals surface area contributed by atoms with Crippen LogP contribution in [0.4, 0.5) is 4.79 Å². The maximum atomic E-state index is 13.1. The molecule has 0 bridgehead atoms. The van der Waals surface area contributed by atoms with E-state index >= 15 is 0 Å². The summed E-state index contributed by atoms with van der Waals surface area (Å²) in [5.41, 5.74) is -1.48. The van der Waals surface area contributed by atoms with E-state index in [0.717, 1.165) is 18.4 Å². The monoisotopic (exact) mass is 572 g/mol. The standard InChI is InChI=1S/C22H22N4O9S2.Na/c1-35-22(12-26(20(22)30)37(32,33)34)24-18(28)16(15-8-5-11-36-15)23-21(31)25-10-9-14(17(27)19(25)29)13-6-3-2-4-7-13;/h2-8,11,14,16H,9-10,12H2,1H3,(H,23,31)(H,24,28)(H,32,33,34);/q;+1/p-1. The Morgan fingerprint density at radius 1 is 1.16 bits per heavy atom. The number of β-lactam (4-membered cyclic amide) rings is 1. The zero-order valence-electron chi connectivity index (χ0n) is 20.3. The SMILES string of the molecule is COC1(NC(=O)C(NC(=O)N2CCC(c3ccccc3)C(=O)C2=O)c2cccs2)CN(S(=O)(=O)[O-])C1=O.[Na+]. The number of thiophene rings is 1. The Bertz CT molecular complexity index is 1350. The molecule has 3 unspecified atom stereocenters. The molecule has 16 heteroatoms. The van der Waals surface area contributed by atoms with Crippen molar-refractivity contribution in [1.29, 1.82) is 0 Å². The molecule has 5 amide bonds. The number of carbonyl (C=O) groups excluding carboxylic acids is 5. The van der Waals surface area contributed by atoms with Crippen LogP contribution in [-0.2, 0) is 34.2 Å². The fourth-order valence-corrected chi connectivity index (χ4v) is 5.56. The van der Waals surface area contributed by atoms with Gasteiger partial charge in [0, 0.05) is 18.5 Å². The first kappa shape index (κ1) is 29.9. The number of hydrogen-bond donors (Lipinski definition) is 2. The van der Waals surface area contributed by atoms with Crippen molar-refractivity contribution in [2.24, 2.45) is 0 Å². The summed E-state index contributed by atoms with van der Waals surface area (Å²) < 4.78 is 38.6. The number of likely N-dealkylation sites (tertiary alicyclic amines) is 1. The molecule has 0 aliphatic carbocycles. The van der Waals surface area contributed by atoms with Crippen LogP contribution in [0.15, 0.2) is 47.8 Å². The third-order valence-electron chi connectivity index (χ3n) is 6.10. The van der Waals surface area contributed by atoms with Crippen LogP contribution in [0, 0.1) is 0 Å². The second-order valence-electron chi connectivity index (χ2n) is 8.26. The molecule has 1 aromatic heterocycles. The summed E-state index contributed by atoms with van der Waals surface area (Å²) in [5, 5.41) is 6.26. The van der Waals surface area contributed by atoms with E-state index in [9.17, 15) is 36.9 Å². The van der Waals surface area contributed by atoms with Crippen LogP contribution < -0.4 is 40.2 Å². The van der Waals surface area contributed by atoms with Crippen molar-refractivity contribution in [2.75, 3.05) is 20.2 Å². The van der Waals surface area contributed by atoms with Crippen LogP contribution in [0.2, 0.25) is 0 Å². The van der Waals surface area contributed by atoms with Gasteiger partial charge >= 0.3 is 35.6 Å². The average Bonchev–Trinajstić information content (AvgIpc) is 3.40. The molecule has 13 nitrogen and oxygen atoms in total. The number of ether oxygens (including phenoxy) is 1. The van der Waals surface area contributed by atoms with Gasteiger partial charge in [-0.15, -0.1) is 11.3 Å². The summed E-state index contributed by atoms with van der Waals surface area (Å²) in [5.74, 6) is -4.74. The quantitative estimate of drug-likeness (QED) is 0.114. The number of amides is 5. The zero-order valence-corrected chi connectivity index (χ0v) is 23.9. The Labute approximate surface area is 243 Å². The summed E-state index contributed by atoms with van der Waals surface area (Å²) >= 11 is 1.08.